The second-order valence-electron chi connectivity index (χ2n) is 6.54. The monoisotopic (exact) mass is 484 g/mol. The number of halogens is 3. The summed E-state index contributed by atoms with van der Waals surface area (Å²) in [7, 11) is 0. The highest BCUT2D eigenvalue weighted by atomic mass is 79.9. The van der Waals surface area contributed by atoms with Gasteiger partial charge in [-0.1, -0.05) is 64.3 Å². The number of carbonyl (C=O) groups excluding carboxylic acids is 2. The second-order valence-corrected chi connectivity index (χ2v) is 8.27. The molecule has 150 valence electrons. The van der Waals surface area contributed by atoms with E-state index in [4.69, 9.17) is 23.2 Å². The third-order valence-corrected chi connectivity index (χ3v) is 5.59. The van der Waals surface area contributed by atoms with E-state index in [2.05, 4.69) is 21.2 Å². The van der Waals surface area contributed by atoms with Crippen molar-refractivity contribution in [3.8, 4) is 0 Å². The summed E-state index contributed by atoms with van der Waals surface area (Å²) in [5.41, 5.74) is 1.70. The summed E-state index contributed by atoms with van der Waals surface area (Å²) in [4.78, 5) is 27.1. The van der Waals surface area contributed by atoms with Gasteiger partial charge in [0.15, 0.2) is 0 Å². The van der Waals surface area contributed by atoms with Crippen LogP contribution in [0, 0.1) is 0 Å². The third-order valence-electron chi connectivity index (χ3n) is 4.32. The van der Waals surface area contributed by atoms with Crippen LogP contribution in [0.5, 0.6) is 0 Å². The van der Waals surface area contributed by atoms with Crippen LogP contribution in [0.1, 0.15) is 31.4 Å². The minimum atomic E-state index is -0.592. The van der Waals surface area contributed by atoms with Gasteiger partial charge < -0.3 is 10.2 Å². The fraction of sp³-hybridized carbons (Fsp3) is 0.333. The number of amides is 2. The van der Waals surface area contributed by atoms with Crippen LogP contribution in [-0.2, 0) is 22.6 Å². The molecule has 0 saturated carbocycles. The lowest BCUT2D eigenvalue weighted by atomic mass is 10.1. The van der Waals surface area contributed by atoms with E-state index in [0.717, 1.165) is 22.0 Å². The van der Waals surface area contributed by atoms with Gasteiger partial charge in [-0.3, -0.25) is 9.59 Å². The number of nitrogens with zero attached hydrogens (tertiary/aromatic N) is 1. The Bertz CT molecular complexity index is 828. The highest BCUT2D eigenvalue weighted by Crippen LogP contribution is 2.23. The molecular formula is C21H23BrCl2N2O2. The van der Waals surface area contributed by atoms with Gasteiger partial charge in [0.25, 0.3) is 0 Å². The average molecular weight is 486 g/mol. The molecular weight excluding hydrogens is 463 g/mol. The van der Waals surface area contributed by atoms with Crippen LogP contribution in [0.25, 0.3) is 0 Å². The highest BCUT2D eigenvalue weighted by Gasteiger charge is 2.26. The van der Waals surface area contributed by atoms with Gasteiger partial charge in [-0.25, -0.2) is 0 Å². The summed E-state index contributed by atoms with van der Waals surface area (Å²) >= 11 is 15.4. The smallest absolute Gasteiger partial charge is 0.242 e. The molecule has 0 saturated heterocycles. The molecule has 0 spiro atoms. The molecule has 1 N–H and O–H groups in total. The molecule has 28 heavy (non-hydrogen) atoms. The first kappa shape index (κ1) is 22.7. The summed E-state index contributed by atoms with van der Waals surface area (Å²) in [6.07, 6.45) is 0.973. The van der Waals surface area contributed by atoms with E-state index in [1.807, 2.05) is 31.2 Å². The van der Waals surface area contributed by atoms with Crippen LogP contribution in [0.4, 0.5) is 0 Å². The molecule has 0 aliphatic carbocycles. The minimum Gasteiger partial charge on any atom is -0.354 e. The molecule has 1 unspecified atom stereocenters. The molecule has 1 atom stereocenters. The zero-order chi connectivity index (χ0) is 20.7. The highest BCUT2D eigenvalue weighted by molar-refractivity contribution is 9.10. The van der Waals surface area contributed by atoms with Gasteiger partial charge in [0, 0.05) is 17.6 Å². The first-order valence-electron chi connectivity index (χ1n) is 9.07. The second kappa shape index (κ2) is 10.8. The van der Waals surface area contributed by atoms with Crippen molar-refractivity contribution in [3.63, 3.8) is 0 Å². The molecule has 2 aromatic rings. The Morgan fingerprint density at radius 3 is 2.32 bits per heavy atom. The molecule has 0 bridgehead atoms. The molecule has 2 aromatic carbocycles. The van der Waals surface area contributed by atoms with Gasteiger partial charge in [0.05, 0.1) is 16.5 Å². The molecule has 0 fully saturated rings. The Morgan fingerprint density at radius 2 is 1.71 bits per heavy atom. The van der Waals surface area contributed by atoms with Crippen molar-refractivity contribution in [3.05, 3.63) is 68.1 Å². The average Bonchev–Trinajstić information content (AvgIpc) is 2.67. The first-order chi connectivity index (χ1) is 13.3. The van der Waals surface area contributed by atoms with E-state index in [0.29, 0.717) is 23.1 Å². The molecule has 0 aliphatic heterocycles. The Kier molecular flexibility index (Phi) is 8.80. The predicted molar refractivity (Wildman–Crippen MR) is 118 cm³/mol. The standard InChI is InChI=1S/C21H23BrCl2N2O2/c1-3-10-25-21(28)14(2)26(13-15-4-7-17(22)8-5-15)20(27)12-16-6-9-18(23)19(24)11-16/h4-9,11,14H,3,10,12-13H2,1-2H3,(H,25,28). The van der Waals surface area contributed by atoms with Gasteiger partial charge in [0.2, 0.25) is 11.8 Å². The SMILES string of the molecule is CCCNC(=O)C(C)N(Cc1ccc(Br)cc1)C(=O)Cc1ccc(Cl)c(Cl)c1. The molecule has 2 rings (SSSR count). The molecule has 7 heteroatoms. The largest absolute Gasteiger partial charge is 0.354 e. The van der Waals surface area contributed by atoms with E-state index < -0.39 is 6.04 Å². The summed E-state index contributed by atoms with van der Waals surface area (Å²) in [5, 5.41) is 3.71. The Labute approximate surface area is 184 Å². The fourth-order valence-corrected chi connectivity index (χ4v) is 3.28. The van der Waals surface area contributed by atoms with Crippen molar-refractivity contribution in [2.45, 2.75) is 39.3 Å². The number of hydrogen-bond donors (Lipinski definition) is 1. The summed E-state index contributed by atoms with van der Waals surface area (Å²) in [6, 6.07) is 12.2. The number of carbonyl (C=O) groups is 2. The van der Waals surface area contributed by atoms with Crippen LogP contribution in [0.2, 0.25) is 10.0 Å². The fourth-order valence-electron chi connectivity index (χ4n) is 2.69. The third kappa shape index (κ3) is 6.50. The normalized spacial score (nSPS) is 11.8. The van der Waals surface area contributed by atoms with Crippen molar-refractivity contribution in [2.24, 2.45) is 0 Å². The molecule has 0 radical (unpaired) electrons. The Morgan fingerprint density at radius 1 is 1.07 bits per heavy atom. The van der Waals surface area contributed by atoms with Crippen molar-refractivity contribution in [2.75, 3.05) is 6.54 Å². The zero-order valence-electron chi connectivity index (χ0n) is 15.8. The van der Waals surface area contributed by atoms with Crippen LogP contribution >= 0.6 is 39.1 Å². The Hall–Kier alpha value is -1.56. The number of rotatable bonds is 8. The maximum atomic E-state index is 13.1. The maximum Gasteiger partial charge on any atom is 0.242 e. The number of nitrogens with one attached hydrogen (secondary N) is 1. The van der Waals surface area contributed by atoms with Gasteiger partial charge in [-0.05, 0) is 48.7 Å². The van der Waals surface area contributed by atoms with E-state index in [9.17, 15) is 9.59 Å². The first-order valence-corrected chi connectivity index (χ1v) is 10.6. The van der Waals surface area contributed by atoms with Gasteiger partial charge in [-0.15, -0.1) is 0 Å². The van der Waals surface area contributed by atoms with Crippen LogP contribution in [0.3, 0.4) is 0 Å². The minimum absolute atomic E-state index is 0.138. The summed E-state index contributed by atoms with van der Waals surface area (Å²) in [5.74, 6) is -0.318. The van der Waals surface area contributed by atoms with E-state index >= 15 is 0 Å². The predicted octanol–water partition coefficient (Wildman–Crippen LogP) is 5.24. The quantitative estimate of drug-likeness (QED) is 0.555. The maximum absolute atomic E-state index is 13.1. The van der Waals surface area contributed by atoms with Gasteiger partial charge >= 0.3 is 0 Å². The van der Waals surface area contributed by atoms with Gasteiger partial charge in [0.1, 0.15) is 6.04 Å². The van der Waals surface area contributed by atoms with Gasteiger partial charge in [-0.2, -0.15) is 0 Å². The van der Waals surface area contributed by atoms with E-state index in [1.165, 1.54) is 0 Å². The lowest BCUT2D eigenvalue weighted by Crippen LogP contribution is -2.48. The number of benzene rings is 2. The zero-order valence-corrected chi connectivity index (χ0v) is 18.9. The van der Waals surface area contributed by atoms with E-state index in [-0.39, 0.29) is 18.2 Å². The van der Waals surface area contributed by atoms with Crippen molar-refractivity contribution >= 4 is 50.9 Å². The van der Waals surface area contributed by atoms with Crippen LogP contribution in [-0.4, -0.2) is 29.3 Å². The molecule has 0 aromatic heterocycles. The topological polar surface area (TPSA) is 49.4 Å². The lowest BCUT2D eigenvalue weighted by Gasteiger charge is -2.29. The lowest BCUT2D eigenvalue weighted by molar-refractivity contribution is -0.140. The summed E-state index contributed by atoms with van der Waals surface area (Å²) in [6.45, 7) is 4.65. The molecule has 0 aliphatic rings. The Balaban J connectivity index is 2.21. The molecule has 4 nitrogen and oxygen atoms in total. The van der Waals surface area contributed by atoms with Crippen LogP contribution < -0.4 is 5.32 Å². The van der Waals surface area contributed by atoms with Crippen LogP contribution in [0.15, 0.2) is 46.9 Å². The van der Waals surface area contributed by atoms with E-state index in [1.54, 1.807) is 30.0 Å². The molecule has 0 heterocycles. The van der Waals surface area contributed by atoms with Crippen molar-refractivity contribution in [1.82, 2.24) is 10.2 Å². The molecule has 2 amide bonds. The van der Waals surface area contributed by atoms with Crippen molar-refractivity contribution in [1.29, 1.82) is 0 Å². The summed E-state index contributed by atoms with van der Waals surface area (Å²) < 4.78 is 0.957. The van der Waals surface area contributed by atoms with Crippen molar-refractivity contribution < 1.29 is 9.59 Å². The number of hydrogen-bond acceptors (Lipinski definition) is 2.